The third-order valence-corrected chi connectivity index (χ3v) is 4.52. The molecule has 0 aliphatic heterocycles. The average molecular weight is 327 g/mol. The smallest absolute Gasteiger partial charge is 0.217 e. The summed E-state index contributed by atoms with van der Waals surface area (Å²) in [4.78, 5) is 4.31. The zero-order chi connectivity index (χ0) is 16.8. The molecule has 1 heterocycles. The van der Waals surface area contributed by atoms with Crippen molar-refractivity contribution >= 4 is 0 Å². The van der Waals surface area contributed by atoms with Crippen LogP contribution in [0.1, 0.15) is 38.2 Å². The summed E-state index contributed by atoms with van der Waals surface area (Å²) in [6.45, 7) is 2.82. The monoisotopic (exact) mass is 327 g/mol. The van der Waals surface area contributed by atoms with Crippen LogP contribution < -0.4 is 14.2 Å². The number of aromatic nitrogens is 1. The molecule has 2 aromatic rings. The Morgan fingerprint density at radius 3 is 2.46 bits per heavy atom. The van der Waals surface area contributed by atoms with Gasteiger partial charge in [-0.2, -0.15) is 0 Å². The van der Waals surface area contributed by atoms with Gasteiger partial charge < -0.3 is 14.2 Å². The van der Waals surface area contributed by atoms with Crippen LogP contribution in [0.25, 0.3) is 0 Å². The first-order valence-electron chi connectivity index (χ1n) is 8.61. The minimum absolute atomic E-state index is 0.283. The Hall–Kier alpha value is -2.23. The van der Waals surface area contributed by atoms with Crippen LogP contribution in [0.2, 0.25) is 0 Å². The Morgan fingerprint density at radius 1 is 1.00 bits per heavy atom. The van der Waals surface area contributed by atoms with Crippen molar-refractivity contribution in [3.8, 4) is 17.4 Å². The molecule has 1 aromatic carbocycles. The van der Waals surface area contributed by atoms with Gasteiger partial charge in [0.15, 0.2) is 0 Å². The molecule has 128 valence electrons. The fraction of sp³-hybridized carbons (Fsp3) is 0.450. The lowest BCUT2D eigenvalue weighted by Gasteiger charge is -2.26. The van der Waals surface area contributed by atoms with E-state index < -0.39 is 0 Å². The average Bonchev–Trinajstić information content (AvgIpc) is 2.63. The number of nitrogens with zero attached hydrogens (tertiary/aromatic N) is 1. The topological polar surface area (TPSA) is 40.6 Å². The molecule has 1 fully saturated rings. The van der Waals surface area contributed by atoms with Gasteiger partial charge in [-0.25, -0.2) is 4.98 Å². The van der Waals surface area contributed by atoms with Gasteiger partial charge in [-0.05, 0) is 55.4 Å². The van der Waals surface area contributed by atoms with Crippen molar-refractivity contribution in [2.24, 2.45) is 5.92 Å². The highest BCUT2D eigenvalue weighted by molar-refractivity contribution is 5.29. The van der Waals surface area contributed by atoms with Gasteiger partial charge in [-0.3, -0.25) is 0 Å². The fourth-order valence-corrected chi connectivity index (χ4v) is 2.95. The maximum absolute atomic E-state index is 6.02. The summed E-state index contributed by atoms with van der Waals surface area (Å²) in [6, 6.07) is 11.6. The van der Waals surface area contributed by atoms with Crippen molar-refractivity contribution in [2.45, 2.75) is 45.3 Å². The lowest BCUT2D eigenvalue weighted by atomic mass is 9.89. The quantitative estimate of drug-likeness (QED) is 0.776. The van der Waals surface area contributed by atoms with Crippen LogP contribution in [0.4, 0.5) is 0 Å². The third-order valence-electron chi connectivity index (χ3n) is 4.52. The van der Waals surface area contributed by atoms with Crippen LogP contribution in [-0.4, -0.2) is 18.2 Å². The maximum atomic E-state index is 6.02. The molecule has 0 radical (unpaired) electrons. The molecule has 4 nitrogen and oxygen atoms in total. The van der Waals surface area contributed by atoms with Gasteiger partial charge in [0.2, 0.25) is 5.88 Å². The van der Waals surface area contributed by atoms with Crippen molar-refractivity contribution in [3.63, 3.8) is 0 Å². The minimum Gasteiger partial charge on any atom is -0.497 e. The van der Waals surface area contributed by atoms with E-state index in [2.05, 4.69) is 11.9 Å². The van der Waals surface area contributed by atoms with Gasteiger partial charge in [-0.1, -0.05) is 19.1 Å². The van der Waals surface area contributed by atoms with E-state index in [9.17, 15) is 0 Å². The van der Waals surface area contributed by atoms with Gasteiger partial charge in [0.1, 0.15) is 24.2 Å². The first kappa shape index (κ1) is 16.6. The van der Waals surface area contributed by atoms with E-state index in [-0.39, 0.29) is 6.10 Å². The molecular formula is C20H25NO3. The van der Waals surface area contributed by atoms with E-state index in [0.29, 0.717) is 12.5 Å². The number of hydrogen-bond donors (Lipinski definition) is 0. The van der Waals surface area contributed by atoms with Crippen LogP contribution in [-0.2, 0) is 6.61 Å². The van der Waals surface area contributed by atoms with E-state index in [4.69, 9.17) is 14.2 Å². The molecule has 0 spiro atoms. The summed E-state index contributed by atoms with van der Waals surface area (Å²) < 4.78 is 17.0. The number of pyridine rings is 1. The number of hydrogen-bond acceptors (Lipinski definition) is 4. The molecule has 3 rings (SSSR count). The number of benzene rings is 1. The van der Waals surface area contributed by atoms with Gasteiger partial charge in [-0.15, -0.1) is 0 Å². The SMILES string of the molecule is COc1ccc(COc2ccnc(OC3CCC(C)CC3)c2)cc1. The van der Waals surface area contributed by atoms with Crippen molar-refractivity contribution in [1.82, 2.24) is 4.98 Å². The van der Waals surface area contributed by atoms with E-state index in [1.807, 2.05) is 36.4 Å². The zero-order valence-corrected chi connectivity index (χ0v) is 14.4. The Morgan fingerprint density at radius 2 is 1.75 bits per heavy atom. The number of methoxy groups -OCH3 is 1. The molecule has 4 heteroatoms. The van der Waals surface area contributed by atoms with Crippen LogP contribution in [0.15, 0.2) is 42.6 Å². The van der Waals surface area contributed by atoms with Crippen molar-refractivity contribution in [2.75, 3.05) is 7.11 Å². The molecule has 0 unspecified atom stereocenters. The molecule has 0 amide bonds. The summed E-state index contributed by atoms with van der Waals surface area (Å²) in [5.74, 6) is 3.10. The second kappa shape index (κ2) is 8.04. The lowest BCUT2D eigenvalue weighted by molar-refractivity contribution is 0.129. The lowest BCUT2D eigenvalue weighted by Crippen LogP contribution is -2.23. The summed E-state index contributed by atoms with van der Waals surface area (Å²) in [6.07, 6.45) is 6.71. The summed E-state index contributed by atoms with van der Waals surface area (Å²) in [5, 5.41) is 0. The largest absolute Gasteiger partial charge is 0.497 e. The number of rotatable bonds is 6. The highest BCUT2D eigenvalue weighted by Gasteiger charge is 2.20. The normalized spacial score (nSPS) is 20.4. The summed E-state index contributed by atoms with van der Waals surface area (Å²) in [7, 11) is 1.66. The van der Waals surface area contributed by atoms with Crippen LogP contribution in [0, 0.1) is 5.92 Å². The van der Waals surface area contributed by atoms with Crippen molar-refractivity contribution in [3.05, 3.63) is 48.2 Å². The summed E-state index contributed by atoms with van der Waals surface area (Å²) >= 11 is 0. The minimum atomic E-state index is 0.283. The van der Waals surface area contributed by atoms with Crippen LogP contribution in [0.5, 0.6) is 17.4 Å². The Kier molecular flexibility index (Phi) is 5.57. The highest BCUT2D eigenvalue weighted by atomic mass is 16.5. The molecule has 0 N–H and O–H groups in total. The second-order valence-corrected chi connectivity index (χ2v) is 6.47. The fourth-order valence-electron chi connectivity index (χ4n) is 2.95. The molecule has 1 aromatic heterocycles. The molecule has 24 heavy (non-hydrogen) atoms. The molecule has 1 saturated carbocycles. The third kappa shape index (κ3) is 4.63. The van der Waals surface area contributed by atoms with E-state index in [1.54, 1.807) is 13.3 Å². The number of ether oxygens (including phenoxy) is 3. The molecule has 0 saturated heterocycles. The molecule has 0 atom stereocenters. The molecule has 1 aliphatic rings. The van der Waals surface area contributed by atoms with E-state index in [1.165, 1.54) is 12.8 Å². The first-order valence-corrected chi connectivity index (χ1v) is 8.61. The predicted octanol–water partition coefficient (Wildman–Crippen LogP) is 4.63. The second-order valence-electron chi connectivity index (χ2n) is 6.47. The molecule has 0 bridgehead atoms. The van der Waals surface area contributed by atoms with Gasteiger partial charge in [0.25, 0.3) is 0 Å². The Labute approximate surface area is 143 Å². The van der Waals surface area contributed by atoms with Gasteiger partial charge in [0.05, 0.1) is 7.11 Å². The Bertz CT molecular complexity index is 634. The van der Waals surface area contributed by atoms with Crippen LogP contribution in [0.3, 0.4) is 0 Å². The highest BCUT2D eigenvalue weighted by Crippen LogP contribution is 2.27. The van der Waals surface area contributed by atoms with Crippen LogP contribution >= 0.6 is 0 Å². The predicted molar refractivity (Wildman–Crippen MR) is 93.6 cm³/mol. The molecular weight excluding hydrogens is 302 g/mol. The maximum Gasteiger partial charge on any atom is 0.217 e. The van der Waals surface area contributed by atoms with Crippen molar-refractivity contribution in [1.29, 1.82) is 0 Å². The first-order chi connectivity index (χ1) is 11.7. The van der Waals surface area contributed by atoms with E-state index >= 15 is 0 Å². The van der Waals surface area contributed by atoms with Gasteiger partial charge >= 0.3 is 0 Å². The van der Waals surface area contributed by atoms with E-state index in [0.717, 1.165) is 35.8 Å². The molecule has 1 aliphatic carbocycles. The van der Waals surface area contributed by atoms with Crippen molar-refractivity contribution < 1.29 is 14.2 Å². The van der Waals surface area contributed by atoms with Gasteiger partial charge in [0, 0.05) is 12.3 Å². The summed E-state index contributed by atoms with van der Waals surface area (Å²) in [5.41, 5.74) is 1.09. The standard InChI is InChI=1S/C20H25NO3/c1-15-3-7-18(8-4-15)24-20-13-19(11-12-21-20)23-14-16-5-9-17(22-2)10-6-16/h5-6,9-13,15,18H,3-4,7-8,14H2,1-2H3. The Balaban J connectivity index is 1.54. The zero-order valence-electron chi connectivity index (χ0n) is 14.4.